The fourth-order valence-electron chi connectivity index (χ4n) is 1.35. The predicted molar refractivity (Wildman–Crippen MR) is 73.5 cm³/mol. The first-order chi connectivity index (χ1) is 7.65. The van der Waals surface area contributed by atoms with E-state index in [0.717, 1.165) is 30.9 Å². The first-order valence-corrected chi connectivity index (χ1v) is 5.94. The molecule has 0 fully saturated rings. The van der Waals surface area contributed by atoms with Gasteiger partial charge in [0.2, 0.25) is 0 Å². The lowest BCUT2D eigenvalue weighted by Crippen LogP contribution is -2.26. The molecular weight excluding hydrogens is 196 g/mol. The summed E-state index contributed by atoms with van der Waals surface area (Å²) in [7, 11) is 0. The van der Waals surface area contributed by atoms with E-state index in [2.05, 4.69) is 36.9 Å². The van der Waals surface area contributed by atoms with Crippen LogP contribution in [0.15, 0.2) is 42.2 Å². The molecule has 0 heterocycles. The summed E-state index contributed by atoms with van der Waals surface area (Å²) in [5.41, 5.74) is 0.852. The van der Waals surface area contributed by atoms with E-state index >= 15 is 0 Å². The van der Waals surface area contributed by atoms with E-state index in [1.54, 1.807) is 6.08 Å². The maximum absolute atomic E-state index is 4.46. The third kappa shape index (κ3) is 6.23. The van der Waals surface area contributed by atoms with Crippen LogP contribution >= 0.6 is 0 Å². The third-order valence-corrected chi connectivity index (χ3v) is 2.12. The molecule has 0 radical (unpaired) electrons. The Morgan fingerprint density at radius 1 is 1.38 bits per heavy atom. The van der Waals surface area contributed by atoms with Crippen molar-refractivity contribution in [3.8, 4) is 0 Å². The van der Waals surface area contributed by atoms with E-state index in [9.17, 15) is 0 Å². The van der Waals surface area contributed by atoms with E-state index in [0.29, 0.717) is 0 Å². The first-order valence-electron chi connectivity index (χ1n) is 5.94. The Balaban J connectivity index is 4.74. The van der Waals surface area contributed by atoms with Crippen LogP contribution in [0.25, 0.3) is 0 Å². The van der Waals surface area contributed by atoms with Crippen molar-refractivity contribution < 1.29 is 0 Å². The molecule has 0 aromatic rings. The molecule has 0 aliphatic rings. The second kappa shape index (κ2) is 8.96. The van der Waals surface area contributed by atoms with E-state index < -0.39 is 0 Å². The Bertz CT molecular complexity index is 274. The molecule has 0 saturated carbocycles. The van der Waals surface area contributed by atoms with Gasteiger partial charge in [-0.2, -0.15) is 0 Å². The monoisotopic (exact) mass is 220 g/mol. The Hall–Kier alpha value is -1.31. The fourth-order valence-corrected chi connectivity index (χ4v) is 1.35. The van der Waals surface area contributed by atoms with Crippen molar-refractivity contribution in [3.63, 3.8) is 0 Å². The van der Waals surface area contributed by atoms with Crippen molar-refractivity contribution >= 4 is 5.84 Å². The standard InChI is InChI=1S/C14H24N2/c1-6-9-11-16(12-10-7-2)14(8-3)15-13(4)5/h6,9,11H,1,4,7-8,10,12H2,2-3,5H3/b11-9+,15-14?. The lowest BCUT2D eigenvalue weighted by Gasteiger charge is -2.21. The SMILES string of the molecule is C=C/C=C/N(CCCC)C(CC)=NC(=C)C. The fraction of sp³-hybridized carbons (Fsp3) is 0.500. The topological polar surface area (TPSA) is 15.6 Å². The molecule has 0 aliphatic carbocycles. The highest BCUT2D eigenvalue weighted by atomic mass is 15.2. The van der Waals surface area contributed by atoms with Crippen LogP contribution < -0.4 is 0 Å². The summed E-state index contributed by atoms with van der Waals surface area (Å²) in [4.78, 5) is 6.64. The number of hydrogen-bond acceptors (Lipinski definition) is 1. The van der Waals surface area contributed by atoms with Crippen molar-refractivity contribution in [2.45, 2.75) is 40.0 Å². The molecular formula is C14H24N2. The van der Waals surface area contributed by atoms with Crippen molar-refractivity contribution in [1.82, 2.24) is 4.90 Å². The zero-order chi connectivity index (χ0) is 12.4. The minimum Gasteiger partial charge on any atom is -0.336 e. The summed E-state index contributed by atoms with van der Waals surface area (Å²) >= 11 is 0. The molecule has 0 spiro atoms. The van der Waals surface area contributed by atoms with Gasteiger partial charge in [0, 0.05) is 24.9 Å². The van der Waals surface area contributed by atoms with Gasteiger partial charge in [0.15, 0.2) is 0 Å². The molecule has 0 aliphatic heterocycles. The second-order valence-electron chi connectivity index (χ2n) is 3.74. The predicted octanol–water partition coefficient (Wildman–Crippen LogP) is 4.13. The third-order valence-electron chi connectivity index (χ3n) is 2.12. The van der Waals surface area contributed by atoms with Crippen molar-refractivity contribution in [3.05, 3.63) is 37.2 Å². The highest BCUT2D eigenvalue weighted by molar-refractivity contribution is 5.83. The summed E-state index contributed by atoms with van der Waals surface area (Å²) in [6.45, 7) is 14.7. The maximum atomic E-state index is 4.46. The molecule has 0 saturated heterocycles. The van der Waals surface area contributed by atoms with E-state index in [-0.39, 0.29) is 0 Å². The molecule has 0 atom stereocenters. The average Bonchev–Trinajstić information content (AvgIpc) is 2.26. The van der Waals surface area contributed by atoms with Crippen LogP contribution in [0.4, 0.5) is 0 Å². The molecule has 0 bridgehead atoms. The zero-order valence-electron chi connectivity index (χ0n) is 10.9. The smallest absolute Gasteiger partial charge is 0.108 e. The molecule has 0 unspecified atom stereocenters. The number of allylic oxidation sites excluding steroid dienone is 3. The summed E-state index contributed by atoms with van der Waals surface area (Å²) in [6, 6.07) is 0. The maximum Gasteiger partial charge on any atom is 0.108 e. The number of aliphatic imine (C=N–C) groups is 1. The van der Waals surface area contributed by atoms with Gasteiger partial charge in [-0.3, -0.25) is 0 Å². The van der Waals surface area contributed by atoms with Crippen LogP contribution in [-0.2, 0) is 0 Å². The number of hydrogen-bond donors (Lipinski definition) is 0. The van der Waals surface area contributed by atoms with Crippen LogP contribution in [0, 0.1) is 0 Å². The van der Waals surface area contributed by atoms with Crippen molar-refractivity contribution in [2.24, 2.45) is 4.99 Å². The van der Waals surface area contributed by atoms with Gasteiger partial charge < -0.3 is 4.90 Å². The normalized spacial score (nSPS) is 11.8. The van der Waals surface area contributed by atoms with Crippen LogP contribution in [0.2, 0.25) is 0 Å². The highest BCUT2D eigenvalue weighted by Gasteiger charge is 2.05. The van der Waals surface area contributed by atoms with Crippen LogP contribution in [0.5, 0.6) is 0 Å². The van der Waals surface area contributed by atoms with Crippen LogP contribution in [0.1, 0.15) is 40.0 Å². The summed E-state index contributed by atoms with van der Waals surface area (Å²) in [5.74, 6) is 1.07. The van der Waals surface area contributed by atoms with Gasteiger partial charge in [0.25, 0.3) is 0 Å². The van der Waals surface area contributed by atoms with Gasteiger partial charge in [0.05, 0.1) is 0 Å². The average molecular weight is 220 g/mol. The Kier molecular flexibility index (Phi) is 8.22. The lowest BCUT2D eigenvalue weighted by atomic mass is 10.3. The van der Waals surface area contributed by atoms with Crippen LogP contribution in [0.3, 0.4) is 0 Å². The summed E-state index contributed by atoms with van der Waals surface area (Å²) in [5, 5.41) is 0. The van der Waals surface area contributed by atoms with E-state index in [1.165, 1.54) is 6.42 Å². The highest BCUT2D eigenvalue weighted by Crippen LogP contribution is 2.05. The minimum atomic E-state index is 0.852. The summed E-state index contributed by atoms with van der Waals surface area (Å²) < 4.78 is 0. The lowest BCUT2D eigenvalue weighted by molar-refractivity contribution is 0.518. The van der Waals surface area contributed by atoms with Gasteiger partial charge in [-0.15, -0.1) is 0 Å². The molecule has 2 nitrogen and oxygen atoms in total. The Labute approximate surface area is 100 Å². The van der Waals surface area contributed by atoms with Gasteiger partial charge in [-0.05, 0) is 19.4 Å². The first kappa shape index (κ1) is 14.7. The van der Waals surface area contributed by atoms with E-state index in [4.69, 9.17) is 0 Å². The van der Waals surface area contributed by atoms with E-state index in [1.807, 2.05) is 19.2 Å². The molecule has 0 rings (SSSR count). The van der Waals surface area contributed by atoms with Gasteiger partial charge in [0.1, 0.15) is 5.84 Å². The molecule has 0 N–H and O–H groups in total. The zero-order valence-corrected chi connectivity index (χ0v) is 10.9. The number of nitrogens with zero attached hydrogens (tertiary/aromatic N) is 2. The van der Waals surface area contributed by atoms with Gasteiger partial charge >= 0.3 is 0 Å². The Morgan fingerprint density at radius 2 is 2.06 bits per heavy atom. The van der Waals surface area contributed by atoms with Gasteiger partial charge in [-0.25, -0.2) is 4.99 Å². The quantitative estimate of drug-likeness (QED) is 0.358. The number of unbranched alkanes of at least 4 members (excludes halogenated alkanes) is 1. The Morgan fingerprint density at radius 3 is 2.50 bits per heavy atom. The summed E-state index contributed by atoms with van der Waals surface area (Å²) in [6.07, 6.45) is 9.03. The molecule has 90 valence electrons. The molecule has 0 aromatic carbocycles. The number of rotatable bonds is 7. The molecule has 16 heavy (non-hydrogen) atoms. The van der Waals surface area contributed by atoms with Crippen molar-refractivity contribution in [1.29, 1.82) is 0 Å². The molecule has 2 heteroatoms. The second-order valence-corrected chi connectivity index (χ2v) is 3.74. The van der Waals surface area contributed by atoms with Crippen LogP contribution in [-0.4, -0.2) is 17.3 Å². The number of amidine groups is 1. The molecule has 0 amide bonds. The minimum absolute atomic E-state index is 0.852. The van der Waals surface area contributed by atoms with Crippen molar-refractivity contribution in [2.75, 3.05) is 6.54 Å². The van der Waals surface area contributed by atoms with Gasteiger partial charge in [-0.1, -0.05) is 39.5 Å². The molecule has 0 aromatic heterocycles. The largest absolute Gasteiger partial charge is 0.336 e.